The zero-order valence-corrected chi connectivity index (χ0v) is 17.2. The van der Waals surface area contributed by atoms with E-state index in [0.717, 1.165) is 24.3 Å². The van der Waals surface area contributed by atoms with Crippen molar-refractivity contribution in [3.05, 3.63) is 48.6 Å². The molecular weight excluding hydrogens is 439 g/mol. The number of hydrogen-bond acceptors (Lipinski definition) is 8. The van der Waals surface area contributed by atoms with Crippen LogP contribution in [0.1, 0.15) is 27.7 Å². The summed E-state index contributed by atoms with van der Waals surface area (Å²) in [4.78, 5) is 37.6. The van der Waals surface area contributed by atoms with Crippen LogP contribution in [0.3, 0.4) is 0 Å². The number of carboxylic acid groups (broad SMARTS) is 4. The van der Waals surface area contributed by atoms with E-state index in [1.54, 1.807) is 27.7 Å². The summed E-state index contributed by atoms with van der Waals surface area (Å²) >= 11 is 0. The van der Waals surface area contributed by atoms with Gasteiger partial charge in [-0.1, -0.05) is 24.3 Å². The van der Waals surface area contributed by atoms with Crippen LogP contribution in [-0.4, -0.2) is 47.8 Å². The van der Waals surface area contributed by atoms with Crippen molar-refractivity contribution in [2.75, 3.05) is 0 Å². The molecule has 0 aromatic heterocycles. The predicted molar refractivity (Wildman–Crippen MR) is 85.0 cm³/mol. The Labute approximate surface area is 163 Å². The third-order valence-electron chi connectivity index (χ3n) is 1.21. The fourth-order valence-electron chi connectivity index (χ4n) is 0.544. The molecule has 0 aromatic rings. The summed E-state index contributed by atoms with van der Waals surface area (Å²) in [5.41, 5.74) is 0. The smallest absolute Gasteiger partial charge is 0.545 e. The Balaban J connectivity index is -0.0000000702. The Bertz CT molecular complexity index is 389. The molecule has 0 saturated heterocycles. The maximum atomic E-state index is 9.40. The first-order valence-electron chi connectivity index (χ1n) is 6.43. The van der Waals surface area contributed by atoms with Gasteiger partial charge in [-0.2, -0.15) is 0 Å². The molecule has 0 unspecified atom stereocenters. The minimum atomic E-state index is -1.14. The van der Waals surface area contributed by atoms with Crippen LogP contribution in [0.25, 0.3) is 0 Å². The number of allylic oxidation sites excluding steroid dienone is 4. The molecule has 0 amide bonds. The molecule has 0 N–H and O–H groups in total. The molecule has 0 aliphatic rings. The second-order valence-corrected chi connectivity index (χ2v) is 3.28. The first-order chi connectivity index (χ1) is 11.1. The van der Waals surface area contributed by atoms with E-state index in [1.807, 2.05) is 0 Å². The van der Waals surface area contributed by atoms with Crippen molar-refractivity contribution in [1.82, 2.24) is 0 Å². The maximum absolute atomic E-state index is 9.40. The van der Waals surface area contributed by atoms with Gasteiger partial charge in [0.2, 0.25) is 0 Å². The Morgan fingerprint density at radius 3 is 0.600 bits per heavy atom. The first kappa shape index (κ1) is 34.1. The number of carbonyl (C=O) groups excluding carboxylic acids is 4. The number of rotatable bonds is 4. The SMILES string of the molecule is C/C=C/C(=O)[O-].C/C=C/C(=O)[O-].C/C=C/C(=O)[O-].C/C=C/C(=O)[O-].[Sn+4]. The van der Waals surface area contributed by atoms with E-state index in [-0.39, 0.29) is 23.9 Å². The van der Waals surface area contributed by atoms with Crippen LogP contribution in [0.5, 0.6) is 0 Å². The molecule has 0 spiro atoms. The first-order valence-corrected chi connectivity index (χ1v) is 6.43. The average molecular weight is 459 g/mol. The van der Waals surface area contributed by atoms with E-state index in [0.29, 0.717) is 0 Å². The van der Waals surface area contributed by atoms with Gasteiger partial charge >= 0.3 is 23.9 Å². The van der Waals surface area contributed by atoms with Crippen LogP contribution in [0, 0.1) is 0 Å². The Morgan fingerprint density at radius 2 is 0.600 bits per heavy atom. The van der Waals surface area contributed by atoms with Crippen molar-refractivity contribution in [1.29, 1.82) is 0 Å². The Morgan fingerprint density at radius 1 is 0.480 bits per heavy atom. The van der Waals surface area contributed by atoms with Gasteiger partial charge in [0.15, 0.2) is 0 Å². The molecule has 0 aliphatic carbocycles. The monoisotopic (exact) mass is 460 g/mol. The third kappa shape index (κ3) is 89.8. The van der Waals surface area contributed by atoms with Crippen LogP contribution >= 0.6 is 0 Å². The molecule has 0 aromatic carbocycles. The molecule has 0 heterocycles. The fraction of sp³-hybridized carbons (Fsp3) is 0.250. The van der Waals surface area contributed by atoms with Crippen LogP contribution in [0.2, 0.25) is 0 Å². The van der Waals surface area contributed by atoms with Gasteiger partial charge in [0.1, 0.15) is 0 Å². The van der Waals surface area contributed by atoms with Crippen molar-refractivity contribution in [3.63, 3.8) is 0 Å². The van der Waals surface area contributed by atoms with Crippen molar-refractivity contribution in [2.24, 2.45) is 0 Å². The van der Waals surface area contributed by atoms with Gasteiger partial charge in [0.05, 0.1) is 23.9 Å². The number of aliphatic carboxylic acids is 4. The van der Waals surface area contributed by atoms with E-state index in [1.165, 1.54) is 24.3 Å². The molecule has 136 valence electrons. The van der Waals surface area contributed by atoms with E-state index < -0.39 is 23.9 Å². The van der Waals surface area contributed by atoms with Gasteiger partial charge in [-0.15, -0.1) is 0 Å². The van der Waals surface area contributed by atoms with Crippen LogP contribution < -0.4 is 20.4 Å². The molecule has 0 radical (unpaired) electrons. The quantitative estimate of drug-likeness (QED) is 0.315. The van der Waals surface area contributed by atoms with Crippen LogP contribution in [-0.2, 0) is 19.2 Å². The van der Waals surface area contributed by atoms with Crippen molar-refractivity contribution < 1.29 is 39.6 Å². The van der Waals surface area contributed by atoms with Gasteiger partial charge < -0.3 is 39.6 Å². The molecule has 0 atom stereocenters. The molecule has 25 heavy (non-hydrogen) atoms. The van der Waals surface area contributed by atoms with Gasteiger partial charge in [-0.3, -0.25) is 0 Å². The fourth-order valence-corrected chi connectivity index (χ4v) is 0.544. The third-order valence-corrected chi connectivity index (χ3v) is 1.21. The van der Waals surface area contributed by atoms with Crippen LogP contribution in [0.4, 0.5) is 0 Å². The summed E-state index contributed by atoms with van der Waals surface area (Å²) < 4.78 is 0. The molecule has 0 aliphatic heterocycles. The van der Waals surface area contributed by atoms with E-state index in [4.69, 9.17) is 0 Å². The Kier molecular flexibility index (Phi) is 40.4. The van der Waals surface area contributed by atoms with Gasteiger partial charge in [0, 0.05) is 0 Å². The minimum Gasteiger partial charge on any atom is -0.545 e. The molecule has 8 nitrogen and oxygen atoms in total. The van der Waals surface area contributed by atoms with E-state index in [2.05, 4.69) is 0 Å². The zero-order valence-electron chi connectivity index (χ0n) is 14.4. The standard InChI is InChI=1S/4C4H6O2.Sn/c4*1-2-3-4(5)6;/h4*2-3H,1H3,(H,5,6);/q;;;;+4/p-4/b4*3-2+;. The summed E-state index contributed by atoms with van der Waals surface area (Å²) in [6, 6.07) is 0. The van der Waals surface area contributed by atoms with E-state index >= 15 is 0 Å². The summed E-state index contributed by atoms with van der Waals surface area (Å²) in [6.45, 7) is 6.48. The molecule has 0 bridgehead atoms. The second-order valence-electron chi connectivity index (χ2n) is 3.28. The molecule has 0 rings (SSSR count). The number of hydrogen-bond donors (Lipinski definition) is 0. The Hall–Kier alpha value is -2.36. The van der Waals surface area contributed by atoms with Gasteiger partial charge in [0.25, 0.3) is 0 Å². The van der Waals surface area contributed by atoms with E-state index in [9.17, 15) is 39.6 Å². The molecular formula is C16H20O8Sn. The molecule has 9 heteroatoms. The van der Waals surface area contributed by atoms with Crippen molar-refractivity contribution in [2.45, 2.75) is 27.7 Å². The summed E-state index contributed by atoms with van der Waals surface area (Å²) in [5.74, 6) is -4.56. The molecule has 0 fully saturated rings. The van der Waals surface area contributed by atoms with Gasteiger partial charge in [-0.25, -0.2) is 0 Å². The number of carboxylic acids is 4. The van der Waals surface area contributed by atoms with Crippen LogP contribution in [0.15, 0.2) is 48.6 Å². The summed E-state index contributed by atoms with van der Waals surface area (Å²) in [5, 5.41) is 37.6. The maximum Gasteiger partial charge on any atom is 4.00 e. The summed E-state index contributed by atoms with van der Waals surface area (Å²) in [7, 11) is 0. The summed E-state index contributed by atoms with van der Waals surface area (Å²) in [6.07, 6.45) is 9.54. The zero-order chi connectivity index (χ0) is 20.0. The largest absolute Gasteiger partial charge is 4.00 e. The average Bonchev–Trinajstić information content (AvgIpc) is 2.39. The molecule has 0 saturated carbocycles. The number of carbonyl (C=O) groups is 4. The van der Waals surface area contributed by atoms with Crippen molar-refractivity contribution in [3.8, 4) is 0 Å². The topological polar surface area (TPSA) is 161 Å². The second kappa shape index (κ2) is 29.6. The van der Waals surface area contributed by atoms with Crippen molar-refractivity contribution >= 4 is 47.8 Å². The van der Waals surface area contributed by atoms with Gasteiger partial charge in [-0.05, 0) is 52.0 Å². The predicted octanol–water partition coefficient (Wildman–Crippen LogP) is -3.13. The normalized spacial score (nSPS) is 9.12. The minimum absolute atomic E-state index is 0.